The third-order valence-corrected chi connectivity index (χ3v) is 6.88. The third kappa shape index (κ3) is 5.78. The average molecular weight is 431 g/mol. The van der Waals surface area contributed by atoms with Gasteiger partial charge in [-0.15, -0.1) is 0 Å². The first-order chi connectivity index (χ1) is 14.6. The number of hydrogen-bond acceptors (Lipinski definition) is 5. The molecule has 0 bridgehead atoms. The van der Waals surface area contributed by atoms with Gasteiger partial charge in [-0.2, -0.15) is 0 Å². The molecular weight excluding hydrogens is 396 g/mol. The van der Waals surface area contributed by atoms with Crippen molar-refractivity contribution in [1.29, 1.82) is 0 Å². The zero-order valence-electron chi connectivity index (χ0n) is 18.2. The maximum absolute atomic E-state index is 12.6. The van der Waals surface area contributed by atoms with Gasteiger partial charge >= 0.3 is 6.03 Å². The second-order valence-electron chi connectivity index (χ2n) is 8.07. The Balaban J connectivity index is 1.58. The Morgan fingerprint density at radius 3 is 2.47 bits per heavy atom. The average Bonchev–Trinajstić information content (AvgIpc) is 3.12. The van der Waals surface area contributed by atoms with E-state index in [1.54, 1.807) is 23.7 Å². The first kappa shape index (κ1) is 22.7. The van der Waals surface area contributed by atoms with Crippen LogP contribution in [0.15, 0.2) is 35.3 Å². The number of amidine groups is 1. The molecule has 1 aromatic rings. The summed E-state index contributed by atoms with van der Waals surface area (Å²) in [7, 11) is 1.71. The topological polar surface area (TPSA) is 65.0 Å². The number of thioether (sulfide) groups is 1. The van der Waals surface area contributed by atoms with Crippen molar-refractivity contribution < 1.29 is 9.59 Å². The van der Waals surface area contributed by atoms with Crippen LogP contribution in [0.4, 0.5) is 4.79 Å². The predicted molar refractivity (Wildman–Crippen MR) is 124 cm³/mol. The summed E-state index contributed by atoms with van der Waals surface area (Å²) in [6.07, 6.45) is 9.35. The van der Waals surface area contributed by atoms with Crippen molar-refractivity contribution in [3.63, 3.8) is 0 Å². The standard InChI is InChI=1S/C23H34N4O2S/c1-3-4-5-6-7-8-12-17-30-23-24-20-19(21(28)25-22(29)26(20)2)27(23)16-15-18-13-10-9-11-14-18/h9-11,13-14,19-20H,3-8,12,15-17H2,1-2H3,(H,25,28,29). The van der Waals surface area contributed by atoms with E-state index in [4.69, 9.17) is 4.99 Å². The summed E-state index contributed by atoms with van der Waals surface area (Å²) >= 11 is 1.72. The quantitative estimate of drug-likeness (QED) is 0.533. The van der Waals surface area contributed by atoms with Crippen LogP contribution < -0.4 is 5.32 Å². The molecule has 1 N–H and O–H groups in total. The first-order valence-electron chi connectivity index (χ1n) is 11.2. The molecule has 164 valence electrons. The predicted octanol–water partition coefficient (Wildman–Crippen LogP) is 4.26. The van der Waals surface area contributed by atoms with Gasteiger partial charge in [-0.05, 0) is 18.4 Å². The Bertz CT molecular complexity index is 740. The number of hydrogen-bond donors (Lipinski definition) is 1. The Hall–Kier alpha value is -2.02. The molecule has 2 atom stereocenters. The minimum atomic E-state index is -0.437. The number of benzene rings is 1. The van der Waals surface area contributed by atoms with E-state index in [9.17, 15) is 9.59 Å². The van der Waals surface area contributed by atoms with Gasteiger partial charge in [0, 0.05) is 19.3 Å². The normalized spacial score (nSPS) is 20.9. The highest BCUT2D eigenvalue weighted by Gasteiger charge is 2.48. The molecule has 2 aliphatic heterocycles. The van der Waals surface area contributed by atoms with E-state index in [1.807, 2.05) is 18.2 Å². The molecule has 6 nitrogen and oxygen atoms in total. The Kier molecular flexibility index (Phi) is 8.61. The highest BCUT2D eigenvalue weighted by Crippen LogP contribution is 2.29. The molecule has 0 aromatic heterocycles. The van der Waals surface area contributed by atoms with E-state index in [-0.39, 0.29) is 11.9 Å². The molecule has 2 heterocycles. The van der Waals surface area contributed by atoms with E-state index >= 15 is 0 Å². The van der Waals surface area contributed by atoms with Crippen LogP contribution in [0.1, 0.15) is 57.4 Å². The van der Waals surface area contributed by atoms with Crippen LogP contribution in [0, 0.1) is 0 Å². The molecule has 0 aliphatic carbocycles. The van der Waals surface area contributed by atoms with E-state index < -0.39 is 12.2 Å². The van der Waals surface area contributed by atoms with Gasteiger partial charge < -0.3 is 9.80 Å². The van der Waals surface area contributed by atoms with Crippen molar-refractivity contribution in [1.82, 2.24) is 15.1 Å². The number of nitrogens with one attached hydrogen (secondary N) is 1. The van der Waals surface area contributed by atoms with Gasteiger partial charge in [0.2, 0.25) is 0 Å². The molecule has 0 saturated carbocycles. The molecule has 1 saturated heterocycles. The number of unbranched alkanes of at least 4 members (excludes halogenated alkanes) is 6. The highest BCUT2D eigenvalue weighted by atomic mass is 32.2. The van der Waals surface area contributed by atoms with Crippen molar-refractivity contribution >= 4 is 28.9 Å². The summed E-state index contributed by atoms with van der Waals surface area (Å²) in [4.78, 5) is 33.1. The number of rotatable bonds is 11. The van der Waals surface area contributed by atoms with Crippen molar-refractivity contribution in [2.24, 2.45) is 4.99 Å². The van der Waals surface area contributed by atoms with Crippen LogP contribution in [0.25, 0.3) is 0 Å². The summed E-state index contributed by atoms with van der Waals surface area (Å²) in [5.74, 6) is 0.749. The fraction of sp³-hybridized carbons (Fsp3) is 0.609. The van der Waals surface area contributed by atoms with E-state index in [2.05, 4.69) is 29.3 Å². The van der Waals surface area contributed by atoms with Crippen LogP contribution in [0.2, 0.25) is 0 Å². The number of imide groups is 1. The summed E-state index contributed by atoms with van der Waals surface area (Å²) in [6, 6.07) is 9.48. The van der Waals surface area contributed by atoms with Gasteiger partial charge in [0.25, 0.3) is 5.91 Å². The monoisotopic (exact) mass is 430 g/mol. The zero-order valence-corrected chi connectivity index (χ0v) is 19.0. The van der Waals surface area contributed by atoms with Crippen molar-refractivity contribution in [3.8, 4) is 0 Å². The van der Waals surface area contributed by atoms with Crippen LogP contribution >= 0.6 is 11.8 Å². The number of urea groups is 1. The van der Waals surface area contributed by atoms with Gasteiger partial charge in [0.05, 0.1) is 0 Å². The number of aliphatic imine (C=N–C) groups is 1. The van der Waals surface area contributed by atoms with E-state index in [0.29, 0.717) is 6.54 Å². The summed E-state index contributed by atoms with van der Waals surface area (Å²) in [6.45, 7) is 2.95. The molecule has 0 radical (unpaired) electrons. The SMILES string of the molecule is CCCCCCCCCSC1=NC2C(C(=O)NC(=O)N2C)N1CCc1ccccc1. The van der Waals surface area contributed by atoms with Crippen molar-refractivity contribution in [2.75, 3.05) is 19.3 Å². The van der Waals surface area contributed by atoms with Gasteiger partial charge in [-0.1, -0.05) is 87.5 Å². The lowest BCUT2D eigenvalue weighted by molar-refractivity contribution is -0.127. The fourth-order valence-corrected chi connectivity index (χ4v) is 5.06. The highest BCUT2D eigenvalue weighted by molar-refractivity contribution is 8.13. The first-order valence-corrected chi connectivity index (χ1v) is 12.2. The number of nitrogens with zero attached hydrogens (tertiary/aromatic N) is 3. The molecule has 30 heavy (non-hydrogen) atoms. The van der Waals surface area contributed by atoms with E-state index in [0.717, 1.165) is 23.8 Å². The van der Waals surface area contributed by atoms with Crippen molar-refractivity contribution in [3.05, 3.63) is 35.9 Å². The Morgan fingerprint density at radius 2 is 1.73 bits per heavy atom. The number of carbonyl (C=O) groups excluding carboxylic acids is 2. The van der Waals surface area contributed by atoms with Crippen LogP contribution in [0.3, 0.4) is 0 Å². The lowest BCUT2D eigenvalue weighted by Gasteiger charge is -2.36. The maximum Gasteiger partial charge on any atom is 0.325 e. The molecule has 3 rings (SSSR count). The van der Waals surface area contributed by atoms with Gasteiger partial charge in [-0.25, -0.2) is 9.79 Å². The molecular formula is C23H34N4O2S. The molecule has 3 amide bonds. The number of fused-ring (bicyclic) bond motifs is 1. The van der Waals surface area contributed by atoms with Gasteiger partial charge in [0.1, 0.15) is 0 Å². The van der Waals surface area contributed by atoms with Gasteiger partial charge in [0.15, 0.2) is 17.4 Å². The zero-order chi connectivity index (χ0) is 21.3. The summed E-state index contributed by atoms with van der Waals surface area (Å²) < 4.78 is 0. The van der Waals surface area contributed by atoms with Crippen LogP contribution in [-0.4, -0.2) is 58.5 Å². The third-order valence-electron chi connectivity index (χ3n) is 5.79. The minimum Gasteiger partial charge on any atom is -0.335 e. The molecule has 0 spiro atoms. The molecule has 1 aromatic carbocycles. The van der Waals surface area contributed by atoms with Crippen molar-refractivity contribution in [2.45, 2.75) is 70.5 Å². The number of likely N-dealkylation sites (N-methyl/N-ethyl adjacent to an activating group) is 1. The molecule has 1 fully saturated rings. The summed E-state index contributed by atoms with van der Waals surface area (Å²) in [5.41, 5.74) is 1.23. The lowest BCUT2D eigenvalue weighted by Crippen LogP contribution is -2.63. The van der Waals surface area contributed by atoms with Gasteiger partial charge in [-0.3, -0.25) is 10.1 Å². The number of amides is 3. The second kappa shape index (κ2) is 11.4. The smallest absolute Gasteiger partial charge is 0.325 e. The minimum absolute atomic E-state index is 0.244. The maximum atomic E-state index is 12.6. The van der Waals surface area contributed by atoms with Crippen LogP contribution in [0.5, 0.6) is 0 Å². The largest absolute Gasteiger partial charge is 0.335 e. The van der Waals surface area contributed by atoms with E-state index in [1.165, 1.54) is 44.1 Å². The molecule has 7 heteroatoms. The molecule has 2 aliphatic rings. The molecule has 2 unspecified atom stereocenters. The number of carbonyl (C=O) groups is 2. The summed E-state index contributed by atoms with van der Waals surface area (Å²) in [5, 5.41) is 3.37. The van der Waals surface area contributed by atoms with Crippen LogP contribution in [-0.2, 0) is 11.2 Å². The second-order valence-corrected chi connectivity index (χ2v) is 9.14. The lowest BCUT2D eigenvalue weighted by atomic mass is 10.1. The Morgan fingerprint density at radius 1 is 1.03 bits per heavy atom. The Labute approximate surface area is 184 Å². The fourth-order valence-electron chi connectivity index (χ4n) is 3.97.